The Balaban J connectivity index is 0. The van der Waals surface area contributed by atoms with Gasteiger partial charge in [0.25, 0.3) is 0 Å². The van der Waals surface area contributed by atoms with Crippen LogP contribution in [0.1, 0.15) is 0 Å². The van der Waals surface area contributed by atoms with Gasteiger partial charge in [-0.25, -0.2) is 8.42 Å². The minimum Gasteiger partial charge on any atom is -0.547 e. The summed E-state index contributed by atoms with van der Waals surface area (Å²) in [5.41, 5.74) is 0. The van der Waals surface area contributed by atoms with Crippen molar-refractivity contribution in [3.63, 3.8) is 0 Å². The molecular formula is C8H9Cl2NO2SY-2. The van der Waals surface area contributed by atoms with Crippen LogP contribution in [0.3, 0.4) is 0 Å². The van der Waals surface area contributed by atoms with E-state index in [2.05, 4.69) is 4.72 Å². The van der Waals surface area contributed by atoms with E-state index in [0.29, 0.717) is 5.02 Å². The van der Waals surface area contributed by atoms with Crippen LogP contribution in [0.5, 0.6) is 0 Å². The molecule has 83 valence electrons. The van der Waals surface area contributed by atoms with E-state index in [-0.39, 0.29) is 50.1 Å². The molecule has 7 heteroatoms. The molecule has 1 aromatic carbocycles. The molecule has 0 bridgehead atoms. The summed E-state index contributed by atoms with van der Waals surface area (Å²) in [7, 11) is -2.46. The zero-order valence-electron chi connectivity index (χ0n) is 8.24. The molecular weight excluding hydrogens is 334 g/mol. The third-order valence-corrected chi connectivity index (χ3v) is 3.46. The Morgan fingerprint density at radius 1 is 1.27 bits per heavy atom. The summed E-state index contributed by atoms with van der Waals surface area (Å²) in [6.07, 6.45) is 0. The molecule has 0 amide bonds. The summed E-state index contributed by atoms with van der Waals surface area (Å²) in [6, 6.07) is 4.20. The molecule has 3 nitrogen and oxygen atoms in total. The second-order valence-corrected chi connectivity index (χ2v) is 4.83. The molecule has 0 fully saturated rings. The Bertz CT molecular complexity index is 423. The van der Waals surface area contributed by atoms with Gasteiger partial charge < -0.3 is 12.1 Å². The molecule has 1 rings (SSSR count). The maximum atomic E-state index is 11.3. The van der Waals surface area contributed by atoms with E-state index in [1.165, 1.54) is 25.2 Å². The molecule has 0 aliphatic carbocycles. The van der Waals surface area contributed by atoms with Crippen molar-refractivity contribution in [2.45, 2.75) is 4.90 Å². The summed E-state index contributed by atoms with van der Waals surface area (Å²) in [5, 5.41) is 0.432. The predicted molar refractivity (Wildman–Crippen MR) is 59.3 cm³/mol. The van der Waals surface area contributed by atoms with Crippen molar-refractivity contribution >= 4 is 33.2 Å². The quantitative estimate of drug-likeness (QED) is 0.775. The van der Waals surface area contributed by atoms with E-state index < -0.39 is 10.0 Å². The smallest absolute Gasteiger partial charge is 0.102 e. The first-order valence-electron chi connectivity index (χ1n) is 3.28. The molecule has 0 heterocycles. The monoisotopic (exact) mass is 342 g/mol. The zero-order chi connectivity index (χ0) is 10.1. The molecule has 15 heavy (non-hydrogen) atoms. The van der Waals surface area contributed by atoms with E-state index in [0.717, 1.165) is 0 Å². The van der Waals surface area contributed by atoms with E-state index >= 15 is 0 Å². The Labute approximate surface area is 125 Å². The topological polar surface area (TPSA) is 48.2 Å². The van der Waals surface area contributed by atoms with Crippen LogP contribution in [0, 0.1) is 7.43 Å². The molecule has 0 N–H and O–H groups in total. The third-order valence-electron chi connectivity index (χ3n) is 1.41. The Morgan fingerprint density at radius 2 is 1.80 bits per heavy atom. The Morgan fingerprint density at radius 3 is 2.27 bits per heavy atom. The molecule has 0 atom stereocenters. The number of rotatable bonds is 2. The molecule has 0 saturated heterocycles. The molecule has 0 aromatic heterocycles. The van der Waals surface area contributed by atoms with Crippen molar-refractivity contribution in [2.75, 3.05) is 7.05 Å². The van der Waals surface area contributed by atoms with Gasteiger partial charge in [0.15, 0.2) is 0 Å². The van der Waals surface area contributed by atoms with Crippen LogP contribution >= 0.6 is 23.2 Å². The van der Waals surface area contributed by atoms with Gasteiger partial charge in [-0.2, -0.15) is 7.05 Å². The Kier molecular flexibility index (Phi) is 8.73. The van der Waals surface area contributed by atoms with Crippen molar-refractivity contribution in [3.05, 3.63) is 40.4 Å². The maximum absolute atomic E-state index is 11.3. The number of halogens is 2. The number of hydrogen-bond acceptors (Lipinski definition) is 2. The Hall–Kier alpha value is 0.814. The fourth-order valence-electron chi connectivity index (χ4n) is 0.773. The van der Waals surface area contributed by atoms with E-state index in [1.54, 1.807) is 0 Å². The fraction of sp³-hybridized carbons (Fsp3) is 0.125. The second kappa shape index (κ2) is 7.20. The van der Waals surface area contributed by atoms with E-state index in [4.69, 9.17) is 23.2 Å². The van der Waals surface area contributed by atoms with Gasteiger partial charge in [0.2, 0.25) is 0 Å². The van der Waals surface area contributed by atoms with Crippen LogP contribution in [-0.4, -0.2) is 15.5 Å². The van der Waals surface area contributed by atoms with Crippen molar-refractivity contribution in [3.8, 4) is 0 Å². The maximum Gasteiger partial charge on any atom is 0.102 e. The minimum atomic E-state index is -3.64. The molecule has 0 aliphatic heterocycles. The SMILES string of the molecule is C[N-]S(=O)(=O)c1cc(Cl)ccc1Cl.[CH3-].[Y]. The summed E-state index contributed by atoms with van der Waals surface area (Å²) >= 11 is 11.3. The molecule has 0 saturated carbocycles. The number of sulfonamides is 1. The van der Waals surface area contributed by atoms with Crippen molar-refractivity contribution in [2.24, 2.45) is 0 Å². The average molecular weight is 343 g/mol. The normalized spacial score (nSPS) is 10.1. The van der Waals surface area contributed by atoms with Gasteiger partial charge in [0, 0.05) is 37.7 Å². The number of benzene rings is 1. The first kappa shape index (κ1) is 18.2. The largest absolute Gasteiger partial charge is 0.547 e. The minimum absolute atomic E-state index is 0. The van der Waals surface area contributed by atoms with Gasteiger partial charge >= 0.3 is 0 Å². The standard InChI is InChI=1S/C7H6Cl2NO2S.CH3.Y/c1-10-13(11,12)7-4-5(8)2-3-6(7)9;;/h2-4H,1H3;1H3;/q2*-1;. The van der Waals surface area contributed by atoms with Crippen LogP contribution in [0.25, 0.3) is 4.72 Å². The molecule has 0 spiro atoms. The average Bonchev–Trinajstić information content (AvgIpc) is 2.09. The van der Waals surface area contributed by atoms with Gasteiger partial charge in [-0.05, 0) is 18.2 Å². The van der Waals surface area contributed by atoms with Gasteiger partial charge in [0.05, 0.1) is 9.92 Å². The third kappa shape index (κ3) is 4.67. The summed E-state index contributed by atoms with van der Waals surface area (Å²) in [6.45, 7) is 0. The van der Waals surface area contributed by atoms with Gasteiger partial charge in [-0.3, -0.25) is 0 Å². The fourth-order valence-corrected chi connectivity index (χ4v) is 2.21. The first-order valence-corrected chi connectivity index (χ1v) is 5.48. The summed E-state index contributed by atoms with van der Waals surface area (Å²) < 4.78 is 25.8. The van der Waals surface area contributed by atoms with E-state index in [9.17, 15) is 8.42 Å². The zero-order valence-corrected chi connectivity index (χ0v) is 13.4. The van der Waals surface area contributed by atoms with Crippen LogP contribution in [0.4, 0.5) is 0 Å². The van der Waals surface area contributed by atoms with E-state index in [1.807, 2.05) is 0 Å². The number of hydrogen-bond donors (Lipinski definition) is 0. The molecule has 0 aliphatic rings. The second-order valence-electron chi connectivity index (χ2n) is 2.23. The summed E-state index contributed by atoms with van der Waals surface area (Å²) in [5.74, 6) is 0. The van der Waals surface area contributed by atoms with Gasteiger partial charge in [-0.15, -0.1) is 0 Å². The molecule has 0 unspecified atom stereocenters. The van der Waals surface area contributed by atoms with Crippen LogP contribution in [-0.2, 0) is 42.7 Å². The first-order chi connectivity index (χ1) is 5.97. The molecule has 1 aromatic rings. The van der Waals surface area contributed by atoms with Gasteiger partial charge in [0.1, 0.15) is 10.0 Å². The molecule has 1 radical (unpaired) electrons. The van der Waals surface area contributed by atoms with Gasteiger partial charge in [-0.1, -0.05) is 23.2 Å². The van der Waals surface area contributed by atoms with Crippen LogP contribution in [0.15, 0.2) is 23.1 Å². The van der Waals surface area contributed by atoms with Crippen LogP contribution in [0.2, 0.25) is 10.0 Å². The predicted octanol–water partition coefficient (Wildman–Crippen LogP) is 3.13. The van der Waals surface area contributed by atoms with Crippen LogP contribution < -0.4 is 0 Å². The summed E-state index contributed by atoms with van der Waals surface area (Å²) in [4.78, 5) is -0.0656. The van der Waals surface area contributed by atoms with Crippen molar-refractivity contribution in [1.82, 2.24) is 0 Å². The van der Waals surface area contributed by atoms with Crippen molar-refractivity contribution < 1.29 is 41.1 Å². The van der Waals surface area contributed by atoms with Crippen molar-refractivity contribution in [1.29, 1.82) is 0 Å². The number of nitrogens with zero attached hydrogens (tertiary/aromatic N) is 1.